The minimum Gasteiger partial charge on any atom is -0.307 e. The second kappa shape index (κ2) is 5.30. The lowest BCUT2D eigenvalue weighted by Gasteiger charge is -2.11. The summed E-state index contributed by atoms with van der Waals surface area (Å²) in [5.41, 5.74) is -0.804. The summed E-state index contributed by atoms with van der Waals surface area (Å²) in [6.07, 6.45) is 0. The third-order valence-corrected chi connectivity index (χ3v) is 3.93. The first-order valence-electron chi connectivity index (χ1n) is 6.20. The van der Waals surface area contributed by atoms with Gasteiger partial charge in [0.05, 0.1) is 10.6 Å². The fraction of sp³-hybridized carbons (Fsp3) is 0.231. The number of hydrogen-bond acceptors (Lipinski definition) is 4. The minimum absolute atomic E-state index is 0.117. The Morgan fingerprint density at radius 1 is 1.19 bits per heavy atom. The average Bonchev–Trinajstić information content (AvgIpc) is 2.36. The van der Waals surface area contributed by atoms with E-state index in [-0.39, 0.29) is 22.2 Å². The van der Waals surface area contributed by atoms with Crippen LogP contribution in [-0.4, -0.2) is 18.0 Å². The van der Waals surface area contributed by atoms with Crippen molar-refractivity contribution in [3.05, 3.63) is 51.2 Å². The summed E-state index contributed by atoms with van der Waals surface area (Å²) in [5.74, 6) is 0. The Kier molecular flexibility index (Phi) is 3.84. The van der Waals surface area contributed by atoms with Gasteiger partial charge in [-0.05, 0) is 19.9 Å². The number of H-pyrrole nitrogens is 1. The van der Waals surface area contributed by atoms with Crippen molar-refractivity contribution in [2.75, 3.05) is 0 Å². The number of hydrogen-bond donors (Lipinski definition) is 2. The lowest BCUT2D eigenvalue weighted by molar-refractivity contribution is 0.546. The first kappa shape index (κ1) is 15.2. The molecular formula is C13H15N3O4S. The Labute approximate surface area is 121 Å². The highest BCUT2D eigenvalue weighted by atomic mass is 32.2. The molecule has 1 heterocycles. The fourth-order valence-corrected chi connectivity index (χ4v) is 2.83. The summed E-state index contributed by atoms with van der Waals surface area (Å²) >= 11 is 0. The van der Waals surface area contributed by atoms with Crippen LogP contribution < -0.4 is 16.4 Å². The zero-order valence-electron chi connectivity index (χ0n) is 11.5. The Morgan fingerprint density at radius 2 is 1.81 bits per heavy atom. The molecule has 0 spiro atoms. The Morgan fingerprint density at radius 3 is 2.33 bits per heavy atom. The highest BCUT2D eigenvalue weighted by Crippen LogP contribution is 2.23. The molecule has 0 unspecified atom stereocenters. The van der Waals surface area contributed by atoms with Crippen LogP contribution in [-0.2, 0) is 10.0 Å². The SMILES string of the molecule is CC(C)n1c(=O)cc(-c2ccccc2S(N)(=O)=O)[nH]c1=O. The van der Waals surface area contributed by atoms with Crippen molar-refractivity contribution in [2.45, 2.75) is 24.8 Å². The number of sulfonamides is 1. The Hall–Kier alpha value is -2.19. The number of aromatic nitrogens is 2. The van der Waals surface area contributed by atoms with E-state index in [1.54, 1.807) is 19.9 Å². The van der Waals surface area contributed by atoms with Gasteiger partial charge in [0.25, 0.3) is 5.56 Å². The molecule has 21 heavy (non-hydrogen) atoms. The summed E-state index contributed by atoms with van der Waals surface area (Å²) in [6, 6.07) is 6.78. The van der Waals surface area contributed by atoms with Crippen molar-refractivity contribution >= 4 is 10.0 Å². The standard InChI is InChI=1S/C13H15N3O4S/c1-8(2)16-12(17)7-10(15-13(16)18)9-5-3-4-6-11(9)21(14,19)20/h3-8H,1-2H3,(H,15,18)(H2,14,19,20). The highest BCUT2D eigenvalue weighted by molar-refractivity contribution is 7.89. The van der Waals surface area contributed by atoms with E-state index in [1.165, 1.54) is 24.3 Å². The second-order valence-electron chi connectivity index (χ2n) is 4.83. The summed E-state index contributed by atoms with van der Waals surface area (Å²) in [5, 5.41) is 5.15. The number of nitrogens with one attached hydrogen (secondary N) is 1. The van der Waals surface area contributed by atoms with Crippen LogP contribution in [0.4, 0.5) is 0 Å². The molecule has 2 rings (SSSR count). The van der Waals surface area contributed by atoms with Crippen LogP contribution in [0.3, 0.4) is 0 Å². The summed E-state index contributed by atoms with van der Waals surface area (Å²) in [7, 11) is -3.96. The average molecular weight is 309 g/mol. The van der Waals surface area contributed by atoms with Crippen molar-refractivity contribution in [3.63, 3.8) is 0 Å². The molecule has 0 saturated heterocycles. The van der Waals surface area contributed by atoms with Crippen LogP contribution in [0.5, 0.6) is 0 Å². The predicted octanol–water partition coefficient (Wildman–Crippen LogP) is 0.432. The molecule has 8 heteroatoms. The van der Waals surface area contributed by atoms with Crippen molar-refractivity contribution in [1.82, 2.24) is 9.55 Å². The third-order valence-electron chi connectivity index (χ3n) is 2.97. The summed E-state index contributed by atoms with van der Waals surface area (Å²) in [4.78, 5) is 26.3. The monoisotopic (exact) mass is 309 g/mol. The van der Waals surface area contributed by atoms with E-state index < -0.39 is 21.3 Å². The van der Waals surface area contributed by atoms with Gasteiger partial charge in [0.1, 0.15) is 0 Å². The maximum Gasteiger partial charge on any atom is 0.329 e. The molecule has 1 aromatic heterocycles. The molecular weight excluding hydrogens is 294 g/mol. The van der Waals surface area contributed by atoms with E-state index in [0.717, 1.165) is 4.57 Å². The molecule has 0 aliphatic carbocycles. The molecule has 0 aliphatic heterocycles. The maximum atomic E-state index is 12.0. The van der Waals surface area contributed by atoms with Crippen molar-refractivity contribution in [1.29, 1.82) is 0 Å². The van der Waals surface area contributed by atoms with E-state index in [9.17, 15) is 18.0 Å². The van der Waals surface area contributed by atoms with Gasteiger partial charge in [0.15, 0.2) is 0 Å². The van der Waals surface area contributed by atoms with Gasteiger partial charge >= 0.3 is 5.69 Å². The predicted molar refractivity (Wildman–Crippen MR) is 78.5 cm³/mol. The largest absolute Gasteiger partial charge is 0.329 e. The van der Waals surface area contributed by atoms with Gasteiger partial charge in [0.2, 0.25) is 10.0 Å². The number of aromatic amines is 1. The maximum absolute atomic E-state index is 12.0. The smallest absolute Gasteiger partial charge is 0.307 e. The van der Waals surface area contributed by atoms with Gasteiger partial charge < -0.3 is 4.98 Å². The number of rotatable bonds is 3. The zero-order valence-corrected chi connectivity index (χ0v) is 12.3. The topological polar surface area (TPSA) is 115 Å². The Bertz CT molecular complexity index is 863. The molecule has 2 aromatic rings. The lowest BCUT2D eigenvalue weighted by Crippen LogP contribution is -2.36. The number of primary sulfonamides is 1. The van der Waals surface area contributed by atoms with E-state index in [4.69, 9.17) is 5.14 Å². The van der Waals surface area contributed by atoms with Gasteiger partial charge in [-0.3, -0.25) is 9.36 Å². The molecule has 3 N–H and O–H groups in total. The number of benzene rings is 1. The molecule has 0 fully saturated rings. The first-order valence-corrected chi connectivity index (χ1v) is 7.74. The molecule has 0 amide bonds. The number of nitrogens with zero attached hydrogens (tertiary/aromatic N) is 1. The van der Waals surface area contributed by atoms with Gasteiger partial charge in [-0.2, -0.15) is 0 Å². The van der Waals surface area contributed by atoms with Gasteiger partial charge in [-0.15, -0.1) is 0 Å². The molecule has 7 nitrogen and oxygen atoms in total. The molecule has 0 bridgehead atoms. The van der Waals surface area contributed by atoms with Crippen LogP contribution in [0.1, 0.15) is 19.9 Å². The molecule has 0 aliphatic rings. The van der Waals surface area contributed by atoms with Gasteiger partial charge in [-0.1, -0.05) is 18.2 Å². The van der Waals surface area contributed by atoms with Crippen molar-refractivity contribution in [3.8, 4) is 11.3 Å². The molecule has 112 valence electrons. The second-order valence-corrected chi connectivity index (χ2v) is 6.36. The molecule has 1 aromatic carbocycles. The van der Waals surface area contributed by atoms with Crippen LogP contribution in [0.2, 0.25) is 0 Å². The van der Waals surface area contributed by atoms with Crippen LogP contribution in [0.15, 0.2) is 44.8 Å². The van der Waals surface area contributed by atoms with E-state index >= 15 is 0 Å². The van der Waals surface area contributed by atoms with Crippen LogP contribution in [0.25, 0.3) is 11.3 Å². The fourth-order valence-electron chi connectivity index (χ4n) is 2.08. The van der Waals surface area contributed by atoms with Crippen molar-refractivity contribution < 1.29 is 8.42 Å². The Balaban J connectivity index is 2.77. The molecule has 0 radical (unpaired) electrons. The molecule has 0 atom stereocenters. The first-order chi connectivity index (χ1) is 9.71. The van der Waals surface area contributed by atoms with Crippen LogP contribution in [0, 0.1) is 0 Å². The quantitative estimate of drug-likeness (QED) is 0.855. The van der Waals surface area contributed by atoms with E-state index in [1.807, 2.05) is 0 Å². The minimum atomic E-state index is -3.96. The summed E-state index contributed by atoms with van der Waals surface area (Å²) < 4.78 is 24.2. The zero-order chi connectivity index (χ0) is 15.8. The van der Waals surface area contributed by atoms with E-state index in [2.05, 4.69) is 4.98 Å². The molecule has 0 saturated carbocycles. The normalized spacial score (nSPS) is 11.8. The van der Waals surface area contributed by atoms with Crippen molar-refractivity contribution in [2.24, 2.45) is 5.14 Å². The van der Waals surface area contributed by atoms with Gasteiger partial charge in [-0.25, -0.2) is 18.4 Å². The third kappa shape index (κ3) is 2.96. The highest BCUT2D eigenvalue weighted by Gasteiger charge is 2.17. The number of nitrogens with two attached hydrogens (primary N) is 1. The van der Waals surface area contributed by atoms with E-state index in [0.29, 0.717) is 0 Å². The summed E-state index contributed by atoms with van der Waals surface area (Å²) in [6.45, 7) is 3.41. The van der Waals surface area contributed by atoms with Gasteiger partial charge in [0, 0.05) is 17.7 Å². The van der Waals surface area contributed by atoms with Crippen LogP contribution >= 0.6 is 0 Å². The lowest BCUT2D eigenvalue weighted by atomic mass is 10.1.